The summed E-state index contributed by atoms with van der Waals surface area (Å²) in [5.74, 6) is -1.00. The van der Waals surface area contributed by atoms with Gasteiger partial charge in [-0.1, -0.05) is 158 Å². The second-order valence-corrected chi connectivity index (χ2v) is 30.6. The normalized spacial score (nSPS) is 20.4. The van der Waals surface area contributed by atoms with E-state index in [9.17, 15) is 19.2 Å². The van der Waals surface area contributed by atoms with Crippen LogP contribution in [0.1, 0.15) is 157 Å². The number of hydrogen-bond donors (Lipinski definition) is 6. The lowest BCUT2D eigenvalue weighted by Crippen LogP contribution is -2.19. The van der Waals surface area contributed by atoms with Crippen molar-refractivity contribution in [1.82, 2.24) is 19.9 Å². The number of hydrogen-bond acceptors (Lipinski definition) is 6. The maximum Gasteiger partial charge on any atom is 0.228 e. The molecule has 0 saturated heterocycles. The highest BCUT2D eigenvalue weighted by Gasteiger charge is 2.53. The van der Waals surface area contributed by atoms with Crippen molar-refractivity contribution in [3.05, 3.63) is 143 Å². The molecule has 12 nitrogen and oxygen atoms in total. The summed E-state index contributed by atoms with van der Waals surface area (Å²) in [5, 5.41) is 13.5. The van der Waals surface area contributed by atoms with Crippen molar-refractivity contribution in [3.8, 4) is 44.5 Å². The molecule has 6 aliphatic rings. The van der Waals surface area contributed by atoms with E-state index in [-0.39, 0.29) is 79.8 Å². The molecular weight excluding hydrogens is 1090 g/mol. The molecule has 4 saturated carbocycles. The molecule has 12 heteroatoms. The molecule has 4 aliphatic carbocycles. The van der Waals surface area contributed by atoms with Gasteiger partial charge in [0.05, 0.1) is 45.5 Å². The molecular formula is C76H82N8O4. The smallest absolute Gasteiger partial charge is 0.228 e. The highest BCUT2D eigenvalue weighted by Crippen LogP contribution is 2.56. The topological polar surface area (TPSA) is 174 Å². The molecule has 7 aromatic rings. The molecule has 4 amide bonds. The highest BCUT2D eigenvalue weighted by atomic mass is 16.2. The molecule has 0 spiro atoms. The standard InChI is InChI=1S/C76H82N8O4/c1-71(2,3)43-25-21-41(22-26-43)61-53-29-33-57(77-53)65(63-49(81-67(85)45-37-73(45,7)8)17-15-18-50(63)82-68(86)46-38-74(46,9)10)59-35-31-55(79-59)62(42-23-27-44(28-24-42)72(4,5)6)56-32-36-60(80-56)66(58-34-30-54(61)78-58)64-51(83-69(87)47-39-75(47,11)12)19-16-20-52(64)84-70(88)48-40-76(48,13)14/h15-36,45-48,77,80H,37-40H2,1-14H3,(H,81,85)(H,82,86)(H,83,87)(H,84,88)/t45-,46+,47-,48+. The Morgan fingerprint density at radius 3 is 0.841 bits per heavy atom. The van der Waals surface area contributed by atoms with Crippen molar-refractivity contribution < 1.29 is 19.2 Å². The zero-order valence-corrected chi connectivity index (χ0v) is 53.4. The Labute approximate surface area is 517 Å². The fourth-order valence-corrected chi connectivity index (χ4v) is 13.2. The first-order chi connectivity index (χ1) is 41.5. The number of nitrogens with one attached hydrogen (secondary N) is 6. The van der Waals surface area contributed by atoms with Gasteiger partial charge in [-0.3, -0.25) is 19.2 Å². The first-order valence-electron chi connectivity index (χ1n) is 31.3. The number of aromatic nitrogens is 4. The van der Waals surface area contributed by atoms with Gasteiger partial charge < -0.3 is 31.2 Å². The largest absolute Gasteiger partial charge is 0.354 e. The van der Waals surface area contributed by atoms with Gasteiger partial charge in [-0.25, -0.2) is 9.97 Å². The second-order valence-electron chi connectivity index (χ2n) is 30.6. The van der Waals surface area contributed by atoms with E-state index in [1.54, 1.807) is 0 Å². The van der Waals surface area contributed by atoms with Gasteiger partial charge in [-0.05, 0) is 153 Å². The van der Waals surface area contributed by atoms with Crippen LogP contribution in [0.25, 0.3) is 90.9 Å². The minimum atomic E-state index is -0.175. The Morgan fingerprint density at radius 2 is 0.602 bits per heavy atom. The van der Waals surface area contributed by atoms with Crippen LogP contribution in [0.4, 0.5) is 22.7 Å². The Hall–Kier alpha value is -8.64. The number of benzene rings is 4. The average Bonchev–Trinajstić information content (AvgIpc) is 1.66. The van der Waals surface area contributed by atoms with Crippen molar-refractivity contribution in [2.45, 2.75) is 133 Å². The van der Waals surface area contributed by atoms with E-state index in [4.69, 9.17) is 9.97 Å². The molecule has 4 fully saturated rings. The minimum Gasteiger partial charge on any atom is -0.354 e. The molecule has 3 aromatic heterocycles. The van der Waals surface area contributed by atoms with Crippen LogP contribution in [0.2, 0.25) is 0 Å². The summed E-state index contributed by atoms with van der Waals surface area (Å²) in [4.78, 5) is 76.8. The van der Waals surface area contributed by atoms with E-state index in [1.165, 1.54) is 11.1 Å². The third kappa shape index (κ3) is 10.9. The van der Waals surface area contributed by atoms with Crippen LogP contribution >= 0.6 is 0 Å². The summed E-state index contributed by atoms with van der Waals surface area (Å²) in [5.41, 5.74) is 15.4. The third-order valence-corrected chi connectivity index (χ3v) is 19.8. The predicted molar refractivity (Wildman–Crippen MR) is 360 cm³/mol. The van der Waals surface area contributed by atoms with E-state index >= 15 is 0 Å². The Balaban J connectivity index is 1.14. The van der Waals surface area contributed by atoms with Crippen LogP contribution in [0.15, 0.2) is 109 Å². The van der Waals surface area contributed by atoms with Gasteiger partial charge in [-0.2, -0.15) is 0 Å². The van der Waals surface area contributed by atoms with Crippen LogP contribution in [-0.2, 0) is 30.0 Å². The monoisotopic (exact) mass is 1170 g/mol. The molecule has 8 bridgehead atoms. The number of anilines is 4. The number of fused-ring (bicyclic) bond motifs is 8. The number of carbonyl (C=O) groups is 4. The number of rotatable bonds is 12. The first kappa shape index (κ1) is 58.4. The van der Waals surface area contributed by atoms with Gasteiger partial charge in [0, 0.05) is 79.1 Å². The van der Waals surface area contributed by atoms with Crippen molar-refractivity contribution in [3.63, 3.8) is 0 Å². The minimum absolute atomic E-state index is 0.0751. The lowest BCUT2D eigenvalue weighted by molar-refractivity contribution is -0.118. The van der Waals surface area contributed by atoms with Gasteiger partial charge >= 0.3 is 0 Å². The van der Waals surface area contributed by atoms with Gasteiger partial charge in [0.1, 0.15) is 0 Å². The van der Waals surface area contributed by atoms with Crippen LogP contribution in [0, 0.1) is 45.3 Å². The summed E-state index contributed by atoms with van der Waals surface area (Å²) < 4.78 is 0. The molecule has 88 heavy (non-hydrogen) atoms. The van der Waals surface area contributed by atoms with Crippen molar-refractivity contribution in [2.24, 2.45) is 45.3 Å². The van der Waals surface area contributed by atoms with Crippen LogP contribution < -0.4 is 21.3 Å². The molecule has 450 valence electrons. The number of amides is 4. The summed E-state index contributed by atoms with van der Waals surface area (Å²) in [6, 6.07) is 37.1. The zero-order valence-electron chi connectivity index (χ0n) is 53.4. The Kier molecular flexibility index (Phi) is 13.6. The third-order valence-electron chi connectivity index (χ3n) is 19.8. The van der Waals surface area contributed by atoms with Gasteiger partial charge in [0.25, 0.3) is 0 Å². The van der Waals surface area contributed by atoms with Gasteiger partial charge in [0.2, 0.25) is 23.6 Å². The maximum absolute atomic E-state index is 14.4. The van der Waals surface area contributed by atoms with Crippen molar-refractivity contribution in [2.75, 3.05) is 21.3 Å². The van der Waals surface area contributed by atoms with Crippen LogP contribution in [0.3, 0.4) is 0 Å². The average molecular weight is 1170 g/mol. The number of carbonyl (C=O) groups excluding carboxylic acids is 4. The van der Waals surface area contributed by atoms with E-state index in [2.05, 4.69) is 201 Å². The van der Waals surface area contributed by atoms with Crippen LogP contribution in [0.5, 0.6) is 0 Å². The van der Waals surface area contributed by atoms with E-state index < -0.39 is 0 Å². The van der Waals surface area contributed by atoms with E-state index in [0.29, 0.717) is 78.8 Å². The summed E-state index contributed by atoms with van der Waals surface area (Å²) >= 11 is 0. The second kappa shape index (κ2) is 20.5. The van der Waals surface area contributed by atoms with Crippen molar-refractivity contribution >= 4 is 92.7 Å². The quantitative estimate of drug-likeness (QED) is 0.0710. The summed E-state index contributed by atoms with van der Waals surface area (Å²) in [6.07, 6.45) is 11.2. The molecule has 4 atom stereocenters. The number of H-pyrrole nitrogens is 2. The zero-order chi connectivity index (χ0) is 62.4. The Bertz CT molecular complexity index is 3960. The molecule has 2 aliphatic heterocycles. The van der Waals surface area contributed by atoms with E-state index in [0.717, 1.165) is 59.0 Å². The fraction of sp³-hybridized carbons (Fsp3) is 0.368. The first-order valence-corrected chi connectivity index (χ1v) is 31.3. The maximum atomic E-state index is 14.4. The molecule has 13 rings (SSSR count). The fourth-order valence-electron chi connectivity index (χ4n) is 13.2. The van der Waals surface area contributed by atoms with Gasteiger partial charge in [-0.15, -0.1) is 0 Å². The number of aromatic amines is 2. The molecule has 4 aromatic carbocycles. The summed E-state index contributed by atoms with van der Waals surface area (Å²) in [7, 11) is 0. The Morgan fingerprint density at radius 1 is 0.364 bits per heavy atom. The number of nitrogens with zero attached hydrogens (tertiary/aromatic N) is 2. The molecule has 5 heterocycles. The molecule has 0 unspecified atom stereocenters. The van der Waals surface area contributed by atoms with Crippen molar-refractivity contribution in [1.29, 1.82) is 0 Å². The lowest BCUT2D eigenvalue weighted by Gasteiger charge is -2.19. The molecule has 6 N–H and O–H groups in total. The lowest BCUT2D eigenvalue weighted by atomic mass is 9.86. The van der Waals surface area contributed by atoms with Crippen LogP contribution in [-0.4, -0.2) is 43.6 Å². The SMILES string of the molecule is CC(C)(C)c1ccc(-c2c3nc(c(-c4c(NC(=O)[C@H]5CC5(C)C)cccc4NC(=O)[C@@H]4CC4(C)C)c4ccc([nH]4)c(-c4ccc(C(C)(C)C)cc4)c4nc(c(-c5c(NC(=O)[C@H]6CC6(C)C)cccc5NC(=O)[C@@H]5CC5(C)C)c5ccc2[nH]5)C=C4)C=C3)cc1. The van der Waals surface area contributed by atoms with Gasteiger partial charge in [0.15, 0.2) is 0 Å². The highest BCUT2D eigenvalue weighted by molar-refractivity contribution is 6.12. The molecule has 0 radical (unpaired) electrons. The summed E-state index contributed by atoms with van der Waals surface area (Å²) in [6.45, 7) is 30.2. The van der Waals surface area contributed by atoms with E-state index in [1.807, 2.05) is 60.7 Å². The predicted octanol–water partition coefficient (Wildman–Crippen LogP) is 17.9.